The molecule has 0 aliphatic heterocycles. The number of ether oxygens (including phenoxy) is 4. The van der Waals surface area contributed by atoms with Crippen molar-refractivity contribution in [3.63, 3.8) is 0 Å². The molecule has 0 bridgehead atoms. The normalized spacial score (nSPS) is 14.1. The van der Waals surface area contributed by atoms with Gasteiger partial charge in [0.1, 0.15) is 37.9 Å². The number of carbonyl (C=O) groups is 2. The molecule has 0 saturated heterocycles. The topological polar surface area (TPSA) is 129 Å². The van der Waals surface area contributed by atoms with Crippen LogP contribution in [0.1, 0.15) is 13.8 Å². The van der Waals surface area contributed by atoms with Gasteiger partial charge in [-0.25, -0.2) is 9.59 Å². The molecule has 0 saturated carbocycles. The Bertz CT molecular complexity index is 978. The van der Waals surface area contributed by atoms with E-state index in [-0.39, 0.29) is 25.3 Å². The molecule has 210 valence electrons. The zero-order chi connectivity index (χ0) is 27.9. The fraction of sp³-hybridized carbons (Fsp3) is 0.462. The maximum absolute atomic E-state index is 11.9. The number of rotatable bonds is 16. The van der Waals surface area contributed by atoms with Crippen molar-refractivity contribution in [2.24, 2.45) is 0 Å². The molecule has 10 nitrogen and oxygen atoms in total. The average molecular weight is 569 g/mol. The van der Waals surface area contributed by atoms with Gasteiger partial charge in [0.25, 0.3) is 0 Å². The lowest BCUT2D eigenvalue weighted by molar-refractivity contribution is -0.168. The molecule has 0 aliphatic rings. The number of hydrogen-bond donors (Lipinski definition) is 2. The minimum absolute atomic E-state index is 0.00519. The largest absolute Gasteiger partial charge is 0.492 e. The maximum Gasteiger partial charge on any atom is 0.417 e. The van der Waals surface area contributed by atoms with Crippen molar-refractivity contribution in [3.8, 4) is 11.5 Å². The third kappa shape index (κ3) is 12.2. The summed E-state index contributed by atoms with van der Waals surface area (Å²) in [5.74, 6) is -0.758. The summed E-state index contributed by atoms with van der Waals surface area (Å²) in [6.07, 6.45) is 3.23. The van der Waals surface area contributed by atoms with Crippen LogP contribution < -0.4 is 20.1 Å². The molecular weight excluding hydrogens is 532 g/mol. The highest BCUT2D eigenvalue weighted by molar-refractivity contribution is 7.84. The Morgan fingerprint density at radius 1 is 0.684 bits per heavy atom. The van der Waals surface area contributed by atoms with Crippen LogP contribution in [0.25, 0.3) is 0 Å². The maximum atomic E-state index is 11.9. The van der Waals surface area contributed by atoms with Crippen LogP contribution >= 0.6 is 0 Å². The average Bonchev–Trinajstić information content (AvgIpc) is 2.91. The lowest BCUT2D eigenvalue weighted by Gasteiger charge is -2.16. The predicted octanol–water partition coefficient (Wildman–Crippen LogP) is 1.66. The van der Waals surface area contributed by atoms with Crippen LogP contribution in [0.3, 0.4) is 0 Å². The van der Waals surface area contributed by atoms with E-state index in [9.17, 15) is 18.0 Å². The summed E-state index contributed by atoms with van der Waals surface area (Å²) in [4.78, 5) is 25.3. The Balaban J connectivity index is 1.52. The van der Waals surface area contributed by atoms with Crippen molar-refractivity contribution in [1.29, 1.82) is 0 Å². The molecular formula is C26H36N2O8S2. The van der Waals surface area contributed by atoms with Crippen molar-refractivity contribution in [3.05, 3.63) is 48.5 Å². The quantitative estimate of drug-likeness (QED) is 0.175. The second-order valence-electron chi connectivity index (χ2n) is 8.46. The summed E-state index contributed by atoms with van der Waals surface area (Å²) in [5, 5.41) is 6.27. The van der Waals surface area contributed by atoms with Gasteiger partial charge in [0, 0.05) is 69.1 Å². The van der Waals surface area contributed by atoms with Crippen LogP contribution in [-0.4, -0.2) is 84.5 Å². The van der Waals surface area contributed by atoms with Crippen molar-refractivity contribution < 1.29 is 37.0 Å². The van der Waals surface area contributed by atoms with Crippen molar-refractivity contribution in [2.75, 3.05) is 52.0 Å². The number of hydrogen-bond acceptors (Lipinski definition) is 10. The molecule has 0 aliphatic carbocycles. The minimum atomic E-state index is -1.05. The van der Waals surface area contributed by atoms with Gasteiger partial charge in [-0.15, -0.1) is 0 Å². The van der Waals surface area contributed by atoms with Crippen LogP contribution in [0.4, 0.5) is 0 Å². The molecule has 0 heterocycles. The van der Waals surface area contributed by atoms with Gasteiger partial charge in [0.15, 0.2) is 0 Å². The monoisotopic (exact) mass is 568 g/mol. The Kier molecular flexibility index (Phi) is 14.0. The molecule has 0 spiro atoms. The van der Waals surface area contributed by atoms with Gasteiger partial charge in [0.05, 0.1) is 0 Å². The van der Waals surface area contributed by atoms with Crippen LogP contribution in [0.5, 0.6) is 11.5 Å². The van der Waals surface area contributed by atoms with Crippen LogP contribution in [0, 0.1) is 0 Å². The fourth-order valence-corrected chi connectivity index (χ4v) is 4.08. The number of nitrogens with one attached hydrogen (secondary N) is 2. The lowest BCUT2D eigenvalue weighted by Crippen LogP contribution is -2.37. The van der Waals surface area contributed by atoms with Crippen molar-refractivity contribution >= 4 is 33.5 Å². The van der Waals surface area contributed by atoms with Gasteiger partial charge in [-0.3, -0.25) is 8.42 Å². The Morgan fingerprint density at radius 2 is 1.03 bits per heavy atom. The van der Waals surface area contributed by atoms with Crippen LogP contribution in [0.2, 0.25) is 0 Å². The van der Waals surface area contributed by atoms with E-state index in [0.29, 0.717) is 37.8 Å². The number of esters is 2. The van der Waals surface area contributed by atoms with E-state index < -0.39 is 33.5 Å². The summed E-state index contributed by atoms with van der Waals surface area (Å²) in [5.41, 5.74) is 0. The summed E-state index contributed by atoms with van der Waals surface area (Å²) in [6, 6.07) is 13.7. The van der Waals surface area contributed by atoms with Crippen LogP contribution in [0.15, 0.2) is 58.3 Å². The van der Waals surface area contributed by atoms with Gasteiger partial charge >= 0.3 is 11.9 Å². The molecule has 2 N–H and O–H groups in total. The molecule has 2 aromatic carbocycles. The lowest BCUT2D eigenvalue weighted by atomic mass is 10.3. The van der Waals surface area contributed by atoms with Crippen molar-refractivity contribution in [2.45, 2.75) is 35.7 Å². The molecule has 0 radical (unpaired) electrons. The number of benzene rings is 2. The molecule has 4 atom stereocenters. The summed E-state index contributed by atoms with van der Waals surface area (Å²) in [7, 11) is -2.06. The van der Waals surface area contributed by atoms with Crippen molar-refractivity contribution in [1.82, 2.24) is 10.6 Å². The molecule has 38 heavy (non-hydrogen) atoms. The first-order valence-electron chi connectivity index (χ1n) is 12.1. The first-order chi connectivity index (χ1) is 18.2. The first-order valence-corrected chi connectivity index (χ1v) is 15.2. The van der Waals surface area contributed by atoms with Gasteiger partial charge in [-0.2, -0.15) is 0 Å². The molecule has 2 rings (SSSR count). The van der Waals surface area contributed by atoms with Crippen LogP contribution in [-0.2, 0) is 40.7 Å². The Morgan fingerprint density at radius 3 is 1.34 bits per heavy atom. The predicted molar refractivity (Wildman–Crippen MR) is 145 cm³/mol. The molecule has 12 heteroatoms. The SMILES string of the molecule is CC(COC(=O)C(=O)OCC(C)NCCOc1ccc(S(C)=O)cc1)NCCOc1ccc(S(C)=O)cc1. The van der Waals surface area contributed by atoms with E-state index in [0.717, 1.165) is 9.79 Å². The highest BCUT2D eigenvalue weighted by atomic mass is 32.2. The zero-order valence-corrected chi connectivity index (χ0v) is 23.7. The standard InChI is InChI=1S/C26H36N2O8S2/c1-19(27-13-15-33-21-5-9-23(10-6-21)37(3)31)17-35-25(29)26(30)36-18-20(2)28-14-16-34-22-7-11-24(12-8-22)38(4)32/h5-12,19-20,27-28H,13-18H2,1-4H3. The van der Waals surface area contributed by atoms with Gasteiger partial charge in [-0.1, -0.05) is 0 Å². The summed E-state index contributed by atoms with van der Waals surface area (Å²) >= 11 is 0. The molecule has 0 fully saturated rings. The second kappa shape index (κ2) is 16.9. The third-order valence-corrected chi connectivity index (χ3v) is 7.01. The molecule has 0 aromatic heterocycles. The molecule has 0 amide bonds. The first kappa shape index (κ1) is 31.4. The Labute approximate surface area is 228 Å². The highest BCUT2D eigenvalue weighted by Crippen LogP contribution is 2.14. The van der Waals surface area contributed by atoms with E-state index >= 15 is 0 Å². The van der Waals surface area contributed by atoms with Gasteiger partial charge in [0.2, 0.25) is 0 Å². The van der Waals surface area contributed by atoms with E-state index in [4.69, 9.17) is 18.9 Å². The third-order valence-electron chi connectivity index (χ3n) is 5.13. The number of carbonyl (C=O) groups excluding carboxylic acids is 2. The summed E-state index contributed by atoms with van der Waals surface area (Å²) < 4.78 is 44.1. The fourth-order valence-electron chi connectivity index (χ4n) is 3.04. The van der Waals surface area contributed by atoms with E-state index in [2.05, 4.69) is 10.6 Å². The van der Waals surface area contributed by atoms with E-state index in [1.807, 2.05) is 13.8 Å². The molecule has 2 aromatic rings. The smallest absolute Gasteiger partial charge is 0.417 e. The molecule has 4 unspecified atom stereocenters. The second-order valence-corrected chi connectivity index (χ2v) is 11.2. The highest BCUT2D eigenvalue weighted by Gasteiger charge is 2.19. The zero-order valence-electron chi connectivity index (χ0n) is 22.1. The summed E-state index contributed by atoms with van der Waals surface area (Å²) in [6.45, 7) is 5.42. The minimum Gasteiger partial charge on any atom is -0.492 e. The van der Waals surface area contributed by atoms with E-state index in [1.54, 1.807) is 61.0 Å². The van der Waals surface area contributed by atoms with E-state index in [1.165, 1.54) is 0 Å². The van der Waals surface area contributed by atoms with Gasteiger partial charge in [-0.05, 0) is 62.4 Å². The Hall–Kier alpha value is -2.80. The van der Waals surface area contributed by atoms with Gasteiger partial charge < -0.3 is 29.6 Å².